The molecule has 0 bridgehead atoms. The molecule has 164 valence electrons. The maximum Gasteiger partial charge on any atom is 0.254 e. The van der Waals surface area contributed by atoms with Crippen molar-refractivity contribution in [3.05, 3.63) is 51.5 Å². The Bertz CT molecular complexity index is 891. The summed E-state index contributed by atoms with van der Waals surface area (Å²) >= 11 is 5.97. The highest BCUT2D eigenvalue weighted by Gasteiger charge is 2.35. The molecule has 1 aliphatic heterocycles. The number of unbranched alkanes of at least 4 members (excludes halogenated alkanes) is 2. The summed E-state index contributed by atoms with van der Waals surface area (Å²) in [4.78, 5) is 19.5. The lowest BCUT2D eigenvalue weighted by molar-refractivity contribution is -0.0638. The van der Waals surface area contributed by atoms with E-state index in [-0.39, 0.29) is 38.0 Å². The molecule has 1 atom stereocenters. The summed E-state index contributed by atoms with van der Waals surface area (Å²) in [7, 11) is 0. The molecule has 1 aromatic heterocycles. The number of hydrogen-bond donors (Lipinski definition) is 1. The Morgan fingerprint density at radius 1 is 1.20 bits per heavy atom. The molecular formula is C22H29ClF2N4O. The van der Waals surface area contributed by atoms with E-state index >= 15 is 0 Å². The number of benzene rings is 1. The van der Waals surface area contributed by atoms with E-state index in [0.29, 0.717) is 23.0 Å². The van der Waals surface area contributed by atoms with Crippen LogP contribution in [-0.4, -0.2) is 39.6 Å². The molecule has 0 spiro atoms. The van der Waals surface area contributed by atoms with E-state index in [4.69, 9.17) is 22.3 Å². The summed E-state index contributed by atoms with van der Waals surface area (Å²) in [6.45, 7) is 2.81. The third kappa shape index (κ3) is 5.86. The summed E-state index contributed by atoms with van der Waals surface area (Å²) in [5.41, 5.74) is 7.55. The fourth-order valence-electron chi connectivity index (χ4n) is 3.73. The average molecular weight is 439 g/mol. The van der Waals surface area contributed by atoms with Crippen LogP contribution in [0.15, 0.2) is 35.1 Å². The quantitative estimate of drug-likeness (QED) is 0.623. The van der Waals surface area contributed by atoms with Crippen molar-refractivity contribution in [2.24, 2.45) is 5.73 Å². The van der Waals surface area contributed by atoms with Gasteiger partial charge in [0, 0.05) is 49.0 Å². The zero-order valence-electron chi connectivity index (χ0n) is 17.3. The van der Waals surface area contributed by atoms with Crippen LogP contribution in [0.3, 0.4) is 0 Å². The van der Waals surface area contributed by atoms with Gasteiger partial charge < -0.3 is 5.73 Å². The van der Waals surface area contributed by atoms with Crippen molar-refractivity contribution < 1.29 is 8.78 Å². The van der Waals surface area contributed by atoms with Crippen LogP contribution in [-0.2, 0) is 13.0 Å². The Hall–Kier alpha value is -1.83. The average Bonchev–Trinajstić information content (AvgIpc) is 2.70. The molecule has 0 saturated carbocycles. The number of halogens is 3. The number of likely N-dealkylation sites (tertiary alicyclic amines) is 1. The van der Waals surface area contributed by atoms with Gasteiger partial charge in [-0.1, -0.05) is 43.5 Å². The lowest BCUT2D eigenvalue weighted by atomic mass is 10.1. The zero-order valence-corrected chi connectivity index (χ0v) is 18.0. The Morgan fingerprint density at radius 3 is 2.50 bits per heavy atom. The summed E-state index contributed by atoms with van der Waals surface area (Å²) in [5.74, 6) is -1.95. The molecule has 0 amide bonds. The van der Waals surface area contributed by atoms with Gasteiger partial charge in [0.2, 0.25) is 0 Å². The largest absolute Gasteiger partial charge is 0.314 e. The number of aromatic nitrogens is 2. The maximum absolute atomic E-state index is 13.5. The first-order valence-electron chi connectivity index (χ1n) is 10.5. The van der Waals surface area contributed by atoms with Gasteiger partial charge in [0.05, 0.1) is 18.4 Å². The van der Waals surface area contributed by atoms with Gasteiger partial charge in [-0.25, -0.2) is 13.8 Å². The van der Waals surface area contributed by atoms with E-state index in [9.17, 15) is 13.6 Å². The lowest BCUT2D eigenvalue weighted by Crippen LogP contribution is -2.51. The smallest absolute Gasteiger partial charge is 0.254 e. The SMILES string of the molecule is CCCCCc1nc(-c2ccc(Cl)cc2)cc(=O)n1CC(N)N1CCC(F)(F)CC1. The second-order valence-corrected chi connectivity index (χ2v) is 8.37. The molecule has 30 heavy (non-hydrogen) atoms. The predicted octanol–water partition coefficient (Wildman–Crippen LogP) is 4.31. The van der Waals surface area contributed by atoms with Crippen LogP contribution in [0.25, 0.3) is 11.3 Å². The summed E-state index contributed by atoms with van der Waals surface area (Å²) < 4.78 is 28.5. The van der Waals surface area contributed by atoms with E-state index in [1.165, 1.54) is 6.07 Å². The van der Waals surface area contributed by atoms with Crippen molar-refractivity contribution in [3.8, 4) is 11.3 Å². The third-order valence-electron chi connectivity index (χ3n) is 5.60. The van der Waals surface area contributed by atoms with Gasteiger partial charge in [-0.3, -0.25) is 14.3 Å². The Kier molecular flexibility index (Phi) is 7.60. The third-order valence-corrected chi connectivity index (χ3v) is 5.85. The fraction of sp³-hybridized carbons (Fsp3) is 0.545. The summed E-state index contributed by atoms with van der Waals surface area (Å²) in [5, 5.41) is 0.619. The standard InChI is InChI=1S/C22H29ClF2N4O/c1-2-3-4-5-20-27-18(16-6-8-17(23)9-7-16)14-21(30)29(20)15-19(26)28-12-10-22(24,25)11-13-28/h6-9,14,19H,2-5,10-13,15,26H2,1H3. The van der Waals surface area contributed by atoms with Crippen molar-refractivity contribution in [1.29, 1.82) is 0 Å². The first-order chi connectivity index (χ1) is 14.3. The molecule has 1 saturated heterocycles. The second kappa shape index (κ2) is 9.98. The number of rotatable bonds is 8. The van der Waals surface area contributed by atoms with Crippen molar-refractivity contribution in [2.75, 3.05) is 13.1 Å². The maximum atomic E-state index is 13.5. The van der Waals surface area contributed by atoms with E-state index < -0.39 is 12.1 Å². The normalized spacial score (nSPS) is 17.8. The highest BCUT2D eigenvalue weighted by Crippen LogP contribution is 2.28. The van der Waals surface area contributed by atoms with Crippen LogP contribution >= 0.6 is 11.6 Å². The molecule has 8 heteroatoms. The van der Waals surface area contributed by atoms with Crippen molar-refractivity contribution >= 4 is 11.6 Å². The molecule has 2 aromatic rings. The molecule has 2 heterocycles. The van der Waals surface area contributed by atoms with E-state index in [2.05, 4.69) is 6.92 Å². The van der Waals surface area contributed by atoms with E-state index in [0.717, 1.165) is 24.8 Å². The Balaban J connectivity index is 1.84. The number of nitrogens with zero attached hydrogens (tertiary/aromatic N) is 3. The molecule has 1 fully saturated rings. The molecular weight excluding hydrogens is 410 g/mol. The zero-order chi connectivity index (χ0) is 21.7. The molecule has 1 unspecified atom stereocenters. The highest BCUT2D eigenvalue weighted by molar-refractivity contribution is 6.30. The molecule has 2 N–H and O–H groups in total. The predicted molar refractivity (Wildman–Crippen MR) is 116 cm³/mol. The first kappa shape index (κ1) is 22.8. The summed E-state index contributed by atoms with van der Waals surface area (Å²) in [6, 6.07) is 8.71. The number of nitrogens with two attached hydrogens (primary N) is 1. The van der Waals surface area contributed by atoms with Crippen LogP contribution in [0.1, 0.15) is 44.9 Å². The van der Waals surface area contributed by atoms with Crippen molar-refractivity contribution in [2.45, 2.75) is 64.1 Å². The van der Waals surface area contributed by atoms with Crippen LogP contribution < -0.4 is 11.3 Å². The monoisotopic (exact) mass is 438 g/mol. The topological polar surface area (TPSA) is 64.1 Å². The van der Waals surface area contributed by atoms with Crippen LogP contribution in [0.4, 0.5) is 8.78 Å². The Morgan fingerprint density at radius 2 is 1.87 bits per heavy atom. The fourth-order valence-corrected chi connectivity index (χ4v) is 3.85. The Labute approximate surface area is 180 Å². The first-order valence-corrected chi connectivity index (χ1v) is 10.9. The summed E-state index contributed by atoms with van der Waals surface area (Å²) in [6.07, 6.45) is 2.76. The van der Waals surface area contributed by atoms with E-state index in [1.807, 2.05) is 17.0 Å². The highest BCUT2D eigenvalue weighted by atomic mass is 35.5. The number of aryl methyl sites for hydroxylation is 1. The molecule has 1 aliphatic rings. The molecule has 0 aliphatic carbocycles. The minimum atomic E-state index is -2.62. The minimum Gasteiger partial charge on any atom is -0.314 e. The van der Waals surface area contributed by atoms with Crippen LogP contribution in [0.2, 0.25) is 5.02 Å². The van der Waals surface area contributed by atoms with Gasteiger partial charge in [-0.05, 0) is 18.6 Å². The van der Waals surface area contributed by atoms with Gasteiger partial charge in [0.25, 0.3) is 11.5 Å². The van der Waals surface area contributed by atoms with Gasteiger partial charge in [-0.15, -0.1) is 0 Å². The van der Waals surface area contributed by atoms with Gasteiger partial charge >= 0.3 is 0 Å². The second-order valence-electron chi connectivity index (χ2n) is 7.93. The molecule has 1 aromatic carbocycles. The molecule has 0 radical (unpaired) electrons. The van der Waals surface area contributed by atoms with Gasteiger partial charge in [0.1, 0.15) is 5.82 Å². The van der Waals surface area contributed by atoms with Crippen molar-refractivity contribution in [3.63, 3.8) is 0 Å². The minimum absolute atomic E-state index is 0.181. The molecule has 5 nitrogen and oxygen atoms in total. The van der Waals surface area contributed by atoms with Crippen LogP contribution in [0.5, 0.6) is 0 Å². The number of piperidine rings is 1. The number of alkyl halides is 2. The van der Waals surface area contributed by atoms with E-state index in [1.54, 1.807) is 16.7 Å². The number of hydrogen-bond acceptors (Lipinski definition) is 4. The van der Waals surface area contributed by atoms with Gasteiger partial charge in [-0.2, -0.15) is 0 Å². The molecule has 3 rings (SSSR count). The van der Waals surface area contributed by atoms with Crippen molar-refractivity contribution in [1.82, 2.24) is 14.5 Å². The van der Waals surface area contributed by atoms with Gasteiger partial charge in [0.15, 0.2) is 0 Å². The van der Waals surface area contributed by atoms with Crippen LogP contribution in [0, 0.1) is 0 Å². The lowest BCUT2D eigenvalue weighted by Gasteiger charge is -2.36.